The van der Waals surface area contributed by atoms with Crippen molar-refractivity contribution in [2.75, 3.05) is 0 Å². The molecule has 0 saturated carbocycles. The molecule has 1 rings (SSSR count). The third-order valence-electron chi connectivity index (χ3n) is 8.52. The fourth-order valence-electron chi connectivity index (χ4n) is 6.57. The molecule has 0 aromatic heterocycles. The largest absolute Gasteiger partial charge is 0.337 e. The molecule has 0 amide bonds. The van der Waals surface area contributed by atoms with E-state index in [2.05, 4.69) is 74.0 Å². The average Bonchev–Trinajstić information content (AvgIpc) is 2.57. The highest BCUT2D eigenvalue weighted by molar-refractivity contribution is 7.60. The van der Waals surface area contributed by atoms with Gasteiger partial charge in [-0.25, -0.2) is 0 Å². The van der Waals surface area contributed by atoms with Gasteiger partial charge < -0.3 is 4.81 Å². The van der Waals surface area contributed by atoms with Gasteiger partial charge >= 0.3 is 0 Å². The molecule has 0 unspecified atom stereocenters. The van der Waals surface area contributed by atoms with E-state index in [0.29, 0.717) is 11.1 Å². The first-order valence-corrected chi connectivity index (χ1v) is 16.8. The van der Waals surface area contributed by atoms with Crippen LogP contribution in [0.2, 0.25) is 36.3 Å². The maximum Gasteiger partial charge on any atom is 0.205 e. The van der Waals surface area contributed by atoms with Gasteiger partial charge in [-0.15, -0.1) is 0 Å². The standard InChI is InChI=1S/C21H48BNSi2/c1-11-24(12-2,13-3)22(25(14-4,15-5)16-6)23-20(7,8)18-17-19-21(23,9)10/h11-19H2,1-10H3. The molecule has 0 aliphatic carbocycles. The lowest BCUT2D eigenvalue weighted by molar-refractivity contribution is 0.0532. The summed E-state index contributed by atoms with van der Waals surface area (Å²) in [6.45, 7) is 25.5. The second-order valence-electron chi connectivity index (χ2n) is 10.1. The van der Waals surface area contributed by atoms with Crippen molar-refractivity contribution in [2.45, 2.75) is 136 Å². The Hall–Kier alpha value is 0.459. The molecular weight excluding hydrogens is 333 g/mol. The third-order valence-corrected chi connectivity index (χ3v) is 23.5. The van der Waals surface area contributed by atoms with E-state index in [4.69, 9.17) is 0 Å². The molecular formula is C21H48BNSi2. The second-order valence-corrected chi connectivity index (χ2v) is 21.5. The summed E-state index contributed by atoms with van der Waals surface area (Å²) in [6.07, 6.45) is 4.17. The van der Waals surface area contributed by atoms with Crippen LogP contribution in [0.3, 0.4) is 0 Å². The van der Waals surface area contributed by atoms with E-state index < -0.39 is 15.9 Å². The Balaban J connectivity index is 3.70. The minimum absolute atomic E-state index is 0.363. The van der Waals surface area contributed by atoms with Crippen molar-refractivity contribution in [3.8, 4) is 0 Å². The minimum Gasteiger partial charge on any atom is -0.337 e. The predicted molar refractivity (Wildman–Crippen MR) is 124 cm³/mol. The summed E-state index contributed by atoms with van der Waals surface area (Å²) in [6, 6.07) is 9.80. The Morgan fingerprint density at radius 3 is 1.16 bits per heavy atom. The Bertz CT molecular complexity index is 362. The Morgan fingerprint density at radius 1 is 0.640 bits per heavy atom. The lowest BCUT2D eigenvalue weighted by atomic mass is 9.76. The van der Waals surface area contributed by atoms with E-state index in [1.807, 2.05) is 0 Å². The first-order valence-electron chi connectivity index (χ1n) is 11.4. The van der Waals surface area contributed by atoms with Crippen molar-refractivity contribution in [1.29, 1.82) is 0 Å². The molecule has 25 heavy (non-hydrogen) atoms. The van der Waals surface area contributed by atoms with Crippen molar-refractivity contribution in [2.24, 2.45) is 0 Å². The smallest absolute Gasteiger partial charge is 0.205 e. The summed E-state index contributed by atoms with van der Waals surface area (Å²) < 4.78 is 0. The maximum absolute atomic E-state index is 3.16. The van der Waals surface area contributed by atoms with Crippen LogP contribution in [0.5, 0.6) is 0 Å². The van der Waals surface area contributed by atoms with Gasteiger partial charge in [-0.3, -0.25) is 0 Å². The summed E-state index contributed by atoms with van der Waals surface area (Å²) in [5.41, 5.74) is 0.726. The quantitative estimate of drug-likeness (QED) is 0.382. The van der Waals surface area contributed by atoms with Crippen LogP contribution in [0.4, 0.5) is 0 Å². The zero-order chi connectivity index (χ0) is 19.5. The zero-order valence-corrected chi connectivity index (χ0v) is 21.4. The fraction of sp³-hybridized carbons (Fsp3) is 1.00. The topological polar surface area (TPSA) is 3.24 Å². The second kappa shape index (κ2) is 8.64. The molecule has 0 N–H and O–H groups in total. The lowest BCUT2D eigenvalue weighted by Crippen LogP contribution is -2.80. The molecule has 0 aromatic rings. The molecule has 0 radical (unpaired) electrons. The highest BCUT2D eigenvalue weighted by Gasteiger charge is 2.60. The Kier molecular flexibility index (Phi) is 8.13. The Morgan fingerprint density at radius 2 is 0.920 bits per heavy atom. The molecule has 1 saturated heterocycles. The monoisotopic (exact) mass is 381 g/mol. The van der Waals surface area contributed by atoms with Gasteiger partial charge in [-0.05, 0) is 47.0 Å². The van der Waals surface area contributed by atoms with Gasteiger partial charge in [0.25, 0.3) is 0 Å². The Labute approximate surface area is 162 Å². The van der Waals surface area contributed by atoms with Crippen LogP contribution >= 0.6 is 0 Å². The van der Waals surface area contributed by atoms with Gasteiger partial charge in [0.2, 0.25) is 6.03 Å². The van der Waals surface area contributed by atoms with Crippen molar-refractivity contribution in [1.82, 2.24) is 4.81 Å². The SMILES string of the molecule is CC[Si](CC)(CC)B(N1C(C)(C)CCCC1(C)C)[Si](CC)(CC)CC. The molecule has 148 valence electrons. The average molecular weight is 382 g/mol. The molecule has 0 aromatic carbocycles. The molecule has 1 aliphatic rings. The van der Waals surface area contributed by atoms with Crippen LogP contribution in [0, 0.1) is 0 Å². The zero-order valence-electron chi connectivity index (χ0n) is 19.4. The van der Waals surface area contributed by atoms with Crippen molar-refractivity contribution >= 4 is 21.9 Å². The van der Waals surface area contributed by atoms with Crippen molar-refractivity contribution in [3.05, 3.63) is 0 Å². The first kappa shape index (κ1) is 23.5. The van der Waals surface area contributed by atoms with Gasteiger partial charge in [0, 0.05) is 27.0 Å². The third kappa shape index (κ3) is 4.16. The van der Waals surface area contributed by atoms with Crippen LogP contribution in [-0.2, 0) is 0 Å². The highest BCUT2D eigenvalue weighted by atomic mass is 28.4. The van der Waals surface area contributed by atoms with Crippen LogP contribution < -0.4 is 0 Å². The fourth-order valence-corrected chi connectivity index (χ4v) is 23.3. The van der Waals surface area contributed by atoms with Crippen LogP contribution in [0.15, 0.2) is 0 Å². The van der Waals surface area contributed by atoms with Gasteiger partial charge in [0.15, 0.2) is 0 Å². The summed E-state index contributed by atoms with van der Waals surface area (Å²) in [5.74, 6) is 0. The van der Waals surface area contributed by atoms with E-state index in [0.717, 1.165) is 6.03 Å². The molecule has 0 atom stereocenters. The molecule has 4 heteroatoms. The van der Waals surface area contributed by atoms with Crippen LogP contribution in [0.25, 0.3) is 0 Å². The van der Waals surface area contributed by atoms with Crippen LogP contribution in [0.1, 0.15) is 88.5 Å². The van der Waals surface area contributed by atoms with Gasteiger partial charge in [0.1, 0.15) is 0 Å². The number of nitrogens with zero attached hydrogens (tertiary/aromatic N) is 1. The molecule has 1 heterocycles. The van der Waals surface area contributed by atoms with Crippen LogP contribution in [-0.4, -0.2) is 37.8 Å². The van der Waals surface area contributed by atoms with Gasteiger partial charge in [0.05, 0.1) is 0 Å². The van der Waals surface area contributed by atoms with Crippen molar-refractivity contribution in [3.63, 3.8) is 0 Å². The molecule has 1 nitrogen and oxygen atoms in total. The highest BCUT2D eigenvalue weighted by Crippen LogP contribution is 2.46. The summed E-state index contributed by atoms with van der Waals surface area (Å²) >= 11 is 0. The normalized spacial score (nSPS) is 21.4. The number of rotatable bonds is 9. The first-order chi connectivity index (χ1) is 11.6. The predicted octanol–water partition coefficient (Wildman–Crippen LogP) is 7.19. The number of piperidine rings is 1. The summed E-state index contributed by atoms with van der Waals surface area (Å²) in [7, 11) is -2.65. The summed E-state index contributed by atoms with van der Waals surface area (Å²) in [4.78, 5) is 3.16. The number of hydrogen-bond donors (Lipinski definition) is 0. The van der Waals surface area contributed by atoms with Crippen molar-refractivity contribution < 1.29 is 0 Å². The van der Waals surface area contributed by atoms with Gasteiger partial charge in [-0.2, -0.15) is 0 Å². The molecule has 0 bridgehead atoms. The molecule has 1 aliphatic heterocycles. The molecule has 1 fully saturated rings. The van der Waals surface area contributed by atoms with E-state index in [-0.39, 0.29) is 0 Å². The van der Waals surface area contributed by atoms with E-state index in [1.165, 1.54) is 55.5 Å². The van der Waals surface area contributed by atoms with Gasteiger partial charge in [-0.1, -0.05) is 77.8 Å². The lowest BCUT2D eigenvalue weighted by Gasteiger charge is -2.63. The summed E-state index contributed by atoms with van der Waals surface area (Å²) in [5, 5.41) is 0. The van der Waals surface area contributed by atoms with E-state index >= 15 is 0 Å². The van der Waals surface area contributed by atoms with E-state index in [1.54, 1.807) is 0 Å². The molecule has 0 spiro atoms. The van der Waals surface area contributed by atoms with E-state index in [9.17, 15) is 0 Å². The minimum atomic E-state index is -1.32. The number of hydrogen-bond acceptors (Lipinski definition) is 1. The maximum atomic E-state index is 3.16.